The van der Waals surface area contributed by atoms with E-state index in [9.17, 15) is 28.8 Å². The van der Waals surface area contributed by atoms with Crippen LogP contribution in [0.2, 0.25) is 0 Å². The molecule has 1 aliphatic heterocycles. The van der Waals surface area contributed by atoms with Gasteiger partial charge in [0.25, 0.3) is 11.8 Å². The first-order valence-corrected chi connectivity index (χ1v) is 16.6. The Labute approximate surface area is 304 Å². The first-order chi connectivity index (χ1) is 25.8. The highest BCUT2D eigenvalue weighted by molar-refractivity contribution is 6.34. The number of carbonyl (C=O) groups is 6. The van der Waals surface area contributed by atoms with E-state index < -0.39 is 47.5 Å². The average molecular weight is 700 g/mol. The summed E-state index contributed by atoms with van der Waals surface area (Å²) in [5.41, 5.74) is 1.67. The summed E-state index contributed by atoms with van der Waals surface area (Å²) in [5, 5.41) is 0. The second kappa shape index (κ2) is 14.9. The minimum atomic E-state index is -1.26. The molecule has 2 atom stereocenters. The van der Waals surface area contributed by atoms with Crippen molar-refractivity contribution < 1.29 is 38.2 Å². The summed E-state index contributed by atoms with van der Waals surface area (Å²) in [5.74, 6) is -3.96. The van der Waals surface area contributed by atoms with Gasteiger partial charge in [0.15, 0.2) is 12.2 Å². The molecule has 0 radical (unpaired) electrons. The fourth-order valence-corrected chi connectivity index (χ4v) is 6.03. The van der Waals surface area contributed by atoms with Crippen LogP contribution in [0.25, 0.3) is 0 Å². The maximum atomic E-state index is 13.7. The molecule has 0 aromatic heterocycles. The van der Waals surface area contributed by atoms with Gasteiger partial charge in [-0.05, 0) is 36.4 Å². The van der Waals surface area contributed by atoms with Gasteiger partial charge in [0, 0.05) is 22.3 Å². The maximum absolute atomic E-state index is 13.7. The predicted octanol–water partition coefficient (Wildman–Crippen LogP) is 8.05. The SMILES string of the molecule is O=C(O[C@H](C(=O)c1ccccc1)c1ccccc1)c1cccc(N2C(=O)c3ccc(C(=O)O[C@@H](C(=O)c4ccccc4)c4ccccc4)cc3C2=O)c1. The summed E-state index contributed by atoms with van der Waals surface area (Å²) in [6.45, 7) is 0. The molecule has 2 amide bonds. The fourth-order valence-electron chi connectivity index (χ4n) is 6.03. The number of fused-ring (bicyclic) bond motifs is 1. The van der Waals surface area contributed by atoms with Crippen LogP contribution in [0, 0.1) is 0 Å². The van der Waals surface area contributed by atoms with Gasteiger partial charge in [-0.15, -0.1) is 0 Å². The molecule has 258 valence electrons. The normalized spacial score (nSPS) is 13.1. The number of amides is 2. The van der Waals surface area contributed by atoms with Crippen LogP contribution in [-0.2, 0) is 9.47 Å². The number of esters is 2. The molecule has 0 N–H and O–H groups in total. The third-order valence-electron chi connectivity index (χ3n) is 8.71. The molecule has 0 bridgehead atoms. The third kappa shape index (κ3) is 7.04. The lowest BCUT2D eigenvalue weighted by molar-refractivity contribution is 0.0278. The van der Waals surface area contributed by atoms with Crippen molar-refractivity contribution in [1.82, 2.24) is 0 Å². The van der Waals surface area contributed by atoms with E-state index in [-0.39, 0.29) is 27.9 Å². The number of ketones is 2. The molecular weight excluding hydrogens is 670 g/mol. The molecule has 6 aromatic carbocycles. The van der Waals surface area contributed by atoms with Crippen LogP contribution in [0.5, 0.6) is 0 Å². The molecule has 9 heteroatoms. The largest absolute Gasteiger partial charge is 0.445 e. The zero-order valence-corrected chi connectivity index (χ0v) is 28.0. The van der Waals surface area contributed by atoms with E-state index in [2.05, 4.69) is 0 Å². The Morgan fingerprint density at radius 3 is 1.32 bits per heavy atom. The van der Waals surface area contributed by atoms with Gasteiger partial charge in [0.1, 0.15) is 0 Å². The average Bonchev–Trinajstić information content (AvgIpc) is 3.47. The van der Waals surface area contributed by atoms with Crippen molar-refractivity contribution in [3.05, 3.63) is 208 Å². The molecule has 0 spiro atoms. The number of ether oxygens (including phenoxy) is 2. The van der Waals surface area contributed by atoms with Gasteiger partial charge in [0.2, 0.25) is 11.6 Å². The number of rotatable bonds is 11. The second-order valence-corrected chi connectivity index (χ2v) is 12.1. The lowest BCUT2D eigenvalue weighted by Gasteiger charge is -2.19. The van der Waals surface area contributed by atoms with E-state index in [0.29, 0.717) is 22.3 Å². The van der Waals surface area contributed by atoms with Crippen molar-refractivity contribution in [3.8, 4) is 0 Å². The molecule has 0 fully saturated rings. The predicted molar refractivity (Wildman–Crippen MR) is 195 cm³/mol. The summed E-state index contributed by atoms with van der Waals surface area (Å²) < 4.78 is 11.5. The molecule has 7 rings (SSSR count). The highest BCUT2D eigenvalue weighted by atomic mass is 16.6. The number of anilines is 1. The molecule has 0 unspecified atom stereocenters. The number of benzene rings is 6. The summed E-state index contributed by atoms with van der Waals surface area (Å²) >= 11 is 0. The molecule has 0 saturated carbocycles. The molecular formula is C44H29NO8. The molecule has 1 heterocycles. The summed E-state index contributed by atoms with van der Waals surface area (Å²) in [4.78, 5) is 82.2. The van der Waals surface area contributed by atoms with Gasteiger partial charge in [-0.3, -0.25) is 19.2 Å². The summed E-state index contributed by atoms with van der Waals surface area (Å²) in [7, 11) is 0. The zero-order valence-electron chi connectivity index (χ0n) is 28.0. The number of carbonyl (C=O) groups excluding carboxylic acids is 6. The number of hydrogen-bond donors (Lipinski definition) is 0. The Bertz CT molecular complexity index is 2360. The standard InChI is InChI=1S/C44H29NO8/c46-37(28-14-5-1-6-15-28)39(30-18-9-3-10-19-30)52-43(50)32-22-13-23-34(26-32)45-41(48)35-25-24-33(27-36(35)42(45)49)44(51)53-40(31-20-11-4-12-21-31)38(47)29-16-7-2-8-17-29/h1-27,39-40H/t39-,40+/m0/s1. The molecule has 0 saturated heterocycles. The van der Waals surface area contributed by atoms with Crippen LogP contribution < -0.4 is 4.90 Å². The van der Waals surface area contributed by atoms with Gasteiger partial charge < -0.3 is 9.47 Å². The minimum absolute atomic E-state index is 0.000141. The van der Waals surface area contributed by atoms with Crippen molar-refractivity contribution in [2.24, 2.45) is 0 Å². The van der Waals surface area contributed by atoms with Gasteiger partial charge in [-0.1, -0.05) is 127 Å². The van der Waals surface area contributed by atoms with Crippen LogP contribution in [-0.4, -0.2) is 35.3 Å². The van der Waals surface area contributed by atoms with Crippen molar-refractivity contribution >= 4 is 41.0 Å². The number of imide groups is 1. The number of Topliss-reactive ketones (excluding diaryl/α,β-unsaturated/α-hetero) is 2. The number of hydrogen-bond acceptors (Lipinski definition) is 8. The molecule has 53 heavy (non-hydrogen) atoms. The van der Waals surface area contributed by atoms with Crippen LogP contribution >= 0.6 is 0 Å². The smallest absolute Gasteiger partial charge is 0.339 e. The van der Waals surface area contributed by atoms with Crippen LogP contribution in [0.4, 0.5) is 5.69 Å². The van der Waals surface area contributed by atoms with Crippen LogP contribution in [0.15, 0.2) is 164 Å². The van der Waals surface area contributed by atoms with Crippen molar-refractivity contribution in [1.29, 1.82) is 0 Å². The van der Waals surface area contributed by atoms with Crippen molar-refractivity contribution in [2.75, 3.05) is 4.90 Å². The van der Waals surface area contributed by atoms with E-state index in [1.807, 2.05) is 0 Å². The second-order valence-electron chi connectivity index (χ2n) is 12.1. The minimum Gasteiger partial charge on any atom is -0.445 e. The Hall–Kier alpha value is -7.26. The topological polar surface area (TPSA) is 124 Å². The fraction of sp³-hybridized carbons (Fsp3) is 0.0455. The van der Waals surface area contributed by atoms with Gasteiger partial charge >= 0.3 is 11.9 Å². The van der Waals surface area contributed by atoms with Crippen LogP contribution in [0.3, 0.4) is 0 Å². The van der Waals surface area contributed by atoms with Gasteiger partial charge in [-0.25, -0.2) is 14.5 Å². The quantitative estimate of drug-likeness (QED) is 0.0756. The molecule has 9 nitrogen and oxygen atoms in total. The van der Waals surface area contributed by atoms with Crippen LogP contribution in [0.1, 0.15) is 85.5 Å². The maximum Gasteiger partial charge on any atom is 0.339 e. The van der Waals surface area contributed by atoms with E-state index in [1.165, 1.54) is 42.5 Å². The highest BCUT2D eigenvalue weighted by Gasteiger charge is 2.38. The Balaban J connectivity index is 1.12. The van der Waals surface area contributed by atoms with Gasteiger partial charge in [-0.2, -0.15) is 0 Å². The van der Waals surface area contributed by atoms with E-state index in [0.717, 1.165) is 4.90 Å². The monoisotopic (exact) mass is 699 g/mol. The summed E-state index contributed by atoms with van der Waals surface area (Å²) in [6.07, 6.45) is -2.52. The van der Waals surface area contributed by atoms with E-state index in [4.69, 9.17) is 9.47 Å². The molecule has 6 aromatic rings. The van der Waals surface area contributed by atoms with Gasteiger partial charge in [0.05, 0.1) is 27.9 Å². The zero-order chi connectivity index (χ0) is 36.9. The highest BCUT2D eigenvalue weighted by Crippen LogP contribution is 2.32. The first kappa shape index (κ1) is 34.2. The summed E-state index contributed by atoms with van der Waals surface area (Å²) in [6, 6.07) is 43.8. The van der Waals surface area contributed by atoms with Crippen molar-refractivity contribution in [2.45, 2.75) is 12.2 Å². The van der Waals surface area contributed by atoms with E-state index >= 15 is 0 Å². The van der Waals surface area contributed by atoms with Crippen molar-refractivity contribution in [3.63, 3.8) is 0 Å². The molecule has 1 aliphatic rings. The Morgan fingerprint density at radius 2 is 0.830 bits per heavy atom. The lowest BCUT2D eigenvalue weighted by Crippen LogP contribution is -2.29. The Morgan fingerprint density at radius 1 is 0.415 bits per heavy atom. The lowest BCUT2D eigenvalue weighted by atomic mass is 9.99. The number of nitrogens with zero attached hydrogens (tertiary/aromatic N) is 1. The van der Waals surface area contributed by atoms with E-state index in [1.54, 1.807) is 121 Å². The Kier molecular flexibility index (Phi) is 9.63. The molecule has 0 aliphatic carbocycles. The first-order valence-electron chi connectivity index (χ1n) is 16.6. The third-order valence-corrected chi connectivity index (χ3v) is 8.71.